The molecular formula is C21H27N3O2S. The van der Waals surface area contributed by atoms with Gasteiger partial charge in [0.05, 0.1) is 4.88 Å². The molecule has 0 bridgehead atoms. The van der Waals surface area contributed by atoms with E-state index in [1.807, 2.05) is 36.3 Å². The second-order valence-corrected chi connectivity index (χ2v) is 8.21. The van der Waals surface area contributed by atoms with Crippen molar-refractivity contribution in [3.63, 3.8) is 0 Å². The molecule has 27 heavy (non-hydrogen) atoms. The minimum Gasteiger partial charge on any atom is -0.339 e. The van der Waals surface area contributed by atoms with Gasteiger partial charge in [-0.25, -0.2) is 0 Å². The van der Waals surface area contributed by atoms with Gasteiger partial charge < -0.3 is 10.2 Å². The Labute approximate surface area is 165 Å². The summed E-state index contributed by atoms with van der Waals surface area (Å²) in [6, 6.07) is 13.5. The smallest absolute Gasteiger partial charge is 0.262 e. The van der Waals surface area contributed by atoms with Crippen LogP contribution >= 0.6 is 11.3 Å². The molecule has 0 aliphatic carbocycles. The summed E-state index contributed by atoms with van der Waals surface area (Å²) in [5.74, 6) is -0.0993. The van der Waals surface area contributed by atoms with Crippen LogP contribution in [0.5, 0.6) is 0 Å². The Kier molecular flexibility index (Phi) is 6.63. The van der Waals surface area contributed by atoms with Crippen LogP contribution in [-0.2, 0) is 11.3 Å². The van der Waals surface area contributed by atoms with Gasteiger partial charge in [-0.3, -0.25) is 14.5 Å². The maximum absolute atomic E-state index is 13.0. The summed E-state index contributed by atoms with van der Waals surface area (Å²) in [5.41, 5.74) is 1.29. The molecule has 1 aliphatic heterocycles. The topological polar surface area (TPSA) is 52.7 Å². The third-order valence-corrected chi connectivity index (χ3v) is 5.77. The van der Waals surface area contributed by atoms with E-state index in [9.17, 15) is 9.59 Å². The molecule has 5 nitrogen and oxygen atoms in total. The van der Waals surface area contributed by atoms with E-state index in [0.717, 1.165) is 19.6 Å². The third kappa shape index (κ3) is 5.17. The number of nitrogens with one attached hydrogen (secondary N) is 1. The molecular weight excluding hydrogens is 358 g/mol. The Morgan fingerprint density at radius 2 is 1.74 bits per heavy atom. The molecule has 2 heterocycles. The Hall–Kier alpha value is -2.18. The Balaban J connectivity index is 1.55. The fraction of sp³-hybridized carbons (Fsp3) is 0.429. The van der Waals surface area contributed by atoms with Gasteiger partial charge in [0.25, 0.3) is 5.91 Å². The fourth-order valence-electron chi connectivity index (χ4n) is 3.30. The van der Waals surface area contributed by atoms with Crippen molar-refractivity contribution in [2.45, 2.75) is 26.4 Å². The molecule has 2 amide bonds. The molecule has 0 spiro atoms. The summed E-state index contributed by atoms with van der Waals surface area (Å²) in [7, 11) is 0. The van der Waals surface area contributed by atoms with Gasteiger partial charge in [0.2, 0.25) is 5.91 Å². The first-order valence-electron chi connectivity index (χ1n) is 9.44. The van der Waals surface area contributed by atoms with E-state index in [0.29, 0.717) is 18.0 Å². The highest BCUT2D eigenvalue weighted by Crippen LogP contribution is 2.14. The number of amides is 2. The first-order valence-corrected chi connectivity index (χ1v) is 10.3. The molecule has 0 saturated carbocycles. The Bertz CT molecular complexity index is 738. The molecule has 1 atom stereocenters. The monoisotopic (exact) mass is 385 g/mol. The molecule has 0 radical (unpaired) electrons. The van der Waals surface area contributed by atoms with E-state index in [2.05, 4.69) is 34.5 Å². The van der Waals surface area contributed by atoms with Crippen molar-refractivity contribution in [3.05, 3.63) is 58.3 Å². The van der Waals surface area contributed by atoms with Crippen LogP contribution in [0.15, 0.2) is 47.8 Å². The van der Waals surface area contributed by atoms with Crippen molar-refractivity contribution in [2.75, 3.05) is 26.2 Å². The van der Waals surface area contributed by atoms with Gasteiger partial charge in [-0.15, -0.1) is 11.3 Å². The predicted molar refractivity (Wildman–Crippen MR) is 109 cm³/mol. The van der Waals surface area contributed by atoms with E-state index < -0.39 is 6.04 Å². The van der Waals surface area contributed by atoms with Crippen LogP contribution in [0, 0.1) is 5.92 Å². The number of rotatable bonds is 6. The lowest BCUT2D eigenvalue weighted by Gasteiger charge is -2.37. The highest BCUT2D eigenvalue weighted by atomic mass is 32.1. The first kappa shape index (κ1) is 19.6. The van der Waals surface area contributed by atoms with Crippen LogP contribution in [-0.4, -0.2) is 53.8 Å². The second kappa shape index (κ2) is 9.15. The van der Waals surface area contributed by atoms with E-state index >= 15 is 0 Å². The van der Waals surface area contributed by atoms with Crippen LogP contribution < -0.4 is 5.32 Å². The van der Waals surface area contributed by atoms with Crippen LogP contribution in [0.25, 0.3) is 0 Å². The van der Waals surface area contributed by atoms with Gasteiger partial charge in [0.15, 0.2) is 0 Å². The molecule has 1 aliphatic rings. The normalized spacial score (nSPS) is 16.3. The lowest BCUT2D eigenvalue weighted by atomic mass is 10.0. The summed E-state index contributed by atoms with van der Waals surface area (Å²) in [5, 5.41) is 4.80. The van der Waals surface area contributed by atoms with Crippen LogP contribution in [0.4, 0.5) is 0 Å². The van der Waals surface area contributed by atoms with Gasteiger partial charge in [0, 0.05) is 32.7 Å². The summed E-state index contributed by atoms with van der Waals surface area (Å²) in [6.45, 7) is 7.96. The molecule has 144 valence electrons. The molecule has 1 N–H and O–H groups in total. The van der Waals surface area contributed by atoms with Crippen molar-refractivity contribution in [1.82, 2.24) is 15.1 Å². The number of thiophene rings is 1. The molecule has 2 aromatic rings. The number of benzene rings is 1. The van der Waals surface area contributed by atoms with Gasteiger partial charge in [-0.1, -0.05) is 50.2 Å². The van der Waals surface area contributed by atoms with E-state index in [1.165, 1.54) is 16.9 Å². The fourth-order valence-corrected chi connectivity index (χ4v) is 3.93. The average molecular weight is 386 g/mol. The lowest BCUT2D eigenvalue weighted by molar-refractivity contribution is -0.136. The van der Waals surface area contributed by atoms with Gasteiger partial charge >= 0.3 is 0 Å². The number of hydrogen-bond donors (Lipinski definition) is 1. The molecule has 1 aromatic heterocycles. The Morgan fingerprint density at radius 3 is 2.33 bits per heavy atom. The third-order valence-electron chi connectivity index (χ3n) is 4.90. The molecule has 0 unspecified atom stereocenters. The number of hydrogen-bond acceptors (Lipinski definition) is 4. The number of carbonyl (C=O) groups is 2. The van der Waals surface area contributed by atoms with Crippen molar-refractivity contribution < 1.29 is 9.59 Å². The largest absolute Gasteiger partial charge is 0.339 e. The van der Waals surface area contributed by atoms with Gasteiger partial charge in [-0.05, 0) is 22.9 Å². The highest BCUT2D eigenvalue weighted by molar-refractivity contribution is 7.12. The van der Waals surface area contributed by atoms with Crippen LogP contribution in [0.3, 0.4) is 0 Å². The predicted octanol–water partition coefficient (Wildman–Crippen LogP) is 2.85. The van der Waals surface area contributed by atoms with Gasteiger partial charge in [0.1, 0.15) is 6.04 Å². The van der Waals surface area contributed by atoms with Crippen LogP contribution in [0.1, 0.15) is 29.1 Å². The van der Waals surface area contributed by atoms with Crippen molar-refractivity contribution in [1.29, 1.82) is 0 Å². The van der Waals surface area contributed by atoms with Crippen molar-refractivity contribution in [3.8, 4) is 0 Å². The maximum Gasteiger partial charge on any atom is 0.262 e. The maximum atomic E-state index is 13.0. The second-order valence-electron chi connectivity index (χ2n) is 7.26. The Morgan fingerprint density at radius 1 is 1.04 bits per heavy atom. The van der Waals surface area contributed by atoms with Crippen molar-refractivity contribution in [2.24, 2.45) is 5.92 Å². The molecule has 1 aromatic carbocycles. The zero-order valence-corrected chi connectivity index (χ0v) is 16.7. The average Bonchev–Trinajstić information content (AvgIpc) is 3.21. The van der Waals surface area contributed by atoms with Crippen LogP contribution in [0.2, 0.25) is 0 Å². The molecule has 6 heteroatoms. The standard InChI is InChI=1S/C21H27N3O2S/c1-16(2)19(22-20(25)18-9-6-14-27-18)21(26)24-12-10-23(11-13-24)15-17-7-4-3-5-8-17/h3-9,14,16,19H,10-13,15H2,1-2H3,(H,22,25)/t19-/m1/s1. The molecule has 1 saturated heterocycles. The van der Waals surface area contributed by atoms with E-state index in [4.69, 9.17) is 0 Å². The zero-order valence-electron chi connectivity index (χ0n) is 15.9. The lowest BCUT2D eigenvalue weighted by Crippen LogP contribution is -2.56. The summed E-state index contributed by atoms with van der Waals surface area (Å²) in [6.07, 6.45) is 0. The summed E-state index contributed by atoms with van der Waals surface area (Å²) < 4.78 is 0. The van der Waals surface area contributed by atoms with Gasteiger partial charge in [-0.2, -0.15) is 0 Å². The quantitative estimate of drug-likeness (QED) is 0.832. The van der Waals surface area contributed by atoms with E-state index in [-0.39, 0.29) is 17.7 Å². The molecule has 3 rings (SSSR count). The number of carbonyl (C=O) groups excluding carboxylic acids is 2. The molecule has 1 fully saturated rings. The minimum atomic E-state index is -0.486. The zero-order chi connectivity index (χ0) is 19.2. The number of nitrogens with zero attached hydrogens (tertiary/aromatic N) is 2. The summed E-state index contributed by atoms with van der Waals surface area (Å²) >= 11 is 1.39. The highest BCUT2D eigenvalue weighted by Gasteiger charge is 2.31. The first-order chi connectivity index (χ1) is 13.0. The van der Waals surface area contributed by atoms with E-state index in [1.54, 1.807) is 6.07 Å². The number of piperazine rings is 1. The van der Waals surface area contributed by atoms with Crippen molar-refractivity contribution >= 4 is 23.2 Å². The SMILES string of the molecule is CC(C)[C@@H](NC(=O)c1cccs1)C(=O)N1CCN(Cc2ccccc2)CC1. The summed E-state index contributed by atoms with van der Waals surface area (Å²) in [4.78, 5) is 30.3. The minimum absolute atomic E-state index is 0.0225.